The molecule has 1 saturated heterocycles. The van der Waals surface area contributed by atoms with Crippen LogP contribution >= 0.6 is 0 Å². The molecule has 0 saturated carbocycles. The zero-order chi connectivity index (χ0) is 26.1. The summed E-state index contributed by atoms with van der Waals surface area (Å²) in [5.41, 5.74) is 1.79. The van der Waals surface area contributed by atoms with Gasteiger partial charge in [-0.2, -0.15) is 4.31 Å². The van der Waals surface area contributed by atoms with Gasteiger partial charge in [-0.3, -0.25) is 9.59 Å². The summed E-state index contributed by atoms with van der Waals surface area (Å²) in [5.74, 6) is -1.54. The summed E-state index contributed by atoms with van der Waals surface area (Å²) in [6.07, 6.45) is -2.44. The highest BCUT2D eigenvalue weighted by Crippen LogP contribution is 2.32. The first-order chi connectivity index (χ1) is 16.9. The van der Waals surface area contributed by atoms with E-state index >= 15 is 0 Å². The molecule has 2 amide bonds. The standard InChI is InChI=1S/C24H26F3N3O5S/c1-16(31)30-13-3-4-17-14-21(10-11-22(17)30)36(33,34)29-12-2-5-18(15-29)23(32)28-19-6-8-20(9-7-19)35-24(25,26)27/h6-11,14,18H,2-5,12-13,15H2,1H3,(H,28,32). The number of nitrogens with one attached hydrogen (secondary N) is 1. The lowest BCUT2D eigenvalue weighted by Gasteiger charge is -2.32. The van der Waals surface area contributed by atoms with Crippen molar-refractivity contribution >= 4 is 33.2 Å². The molecule has 194 valence electrons. The minimum atomic E-state index is -4.81. The molecule has 1 unspecified atom stereocenters. The second-order valence-electron chi connectivity index (χ2n) is 8.83. The molecule has 2 heterocycles. The smallest absolute Gasteiger partial charge is 0.406 e. The number of carbonyl (C=O) groups excluding carboxylic acids is 2. The Morgan fingerprint density at radius 1 is 1.06 bits per heavy atom. The van der Waals surface area contributed by atoms with Gasteiger partial charge in [0.05, 0.1) is 10.8 Å². The molecular weight excluding hydrogens is 499 g/mol. The van der Waals surface area contributed by atoms with Crippen molar-refractivity contribution in [2.45, 2.75) is 43.9 Å². The average Bonchev–Trinajstić information content (AvgIpc) is 2.83. The Kier molecular flexibility index (Phi) is 7.28. The molecule has 0 aliphatic carbocycles. The maximum Gasteiger partial charge on any atom is 0.573 e. The van der Waals surface area contributed by atoms with Crippen LogP contribution in [0.2, 0.25) is 0 Å². The van der Waals surface area contributed by atoms with Gasteiger partial charge in [0.2, 0.25) is 21.8 Å². The van der Waals surface area contributed by atoms with Crippen LogP contribution in [0.5, 0.6) is 5.75 Å². The Morgan fingerprint density at radius 2 is 1.78 bits per heavy atom. The fourth-order valence-electron chi connectivity index (χ4n) is 4.57. The number of nitrogens with zero attached hydrogens (tertiary/aromatic N) is 2. The number of rotatable bonds is 5. The van der Waals surface area contributed by atoms with Gasteiger partial charge in [-0.15, -0.1) is 13.2 Å². The van der Waals surface area contributed by atoms with Crippen molar-refractivity contribution < 1.29 is 35.9 Å². The van der Waals surface area contributed by atoms with Gasteiger partial charge >= 0.3 is 6.36 Å². The molecule has 2 aliphatic rings. The summed E-state index contributed by atoms with van der Waals surface area (Å²) in [4.78, 5) is 26.5. The number of fused-ring (bicyclic) bond motifs is 1. The summed E-state index contributed by atoms with van der Waals surface area (Å²) >= 11 is 0. The first kappa shape index (κ1) is 26.0. The SMILES string of the molecule is CC(=O)N1CCCc2cc(S(=O)(=O)N3CCCC(C(=O)Nc4ccc(OC(F)(F)F)cc4)C3)ccc21. The molecule has 0 bridgehead atoms. The Labute approximate surface area is 207 Å². The third-order valence-electron chi connectivity index (χ3n) is 6.30. The van der Waals surface area contributed by atoms with E-state index in [2.05, 4.69) is 10.1 Å². The molecule has 12 heteroatoms. The third kappa shape index (κ3) is 5.81. The van der Waals surface area contributed by atoms with Gasteiger partial charge in [-0.1, -0.05) is 0 Å². The highest BCUT2D eigenvalue weighted by molar-refractivity contribution is 7.89. The largest absolute Gasteiger partial charge is 0.573 e. The molecule has 0 aromatic heterocycles. The van der Waals surface area contributed by atoms with E-state index in [-0.39, 0.29) is 29.6 Å². The number of hydrogen-bond acceptors (Lipinski definition) is 5. The number of amides is 2. The number of anilines is 2. The van der Waals surface area contributed by atoms with Crippen LogP contribution in [0.1, 0.15) is 31.7 Å². The Bertz CT molecular complexity index is 1250. The zero-order valence-corrected chi connectivity index (χ0v) is 20.4. The number of hydrogen-bond donors (Lipinski definition) is 1. The van der Waals surface area contributed by atoms with E-state index in [9.17, 15) is 31.2 Å². The van der Waals surface area contributed by atoms with Crippen LogP contribution < -0.4 is 15.0 Å². The lowest BCUT2D eigenvalue weighted by molar-refractivity contribution is -0.274. The molecule has 2 aromatic carbocycles. The fourth-order valence-corrected chi connectivity index (χ4v) is 6.14. The van der Waals surface area contributed by atoms with Crippen molar-refractivity contribution in [1.29, 1.82) is 0 Å². The monoisotopic (exact) mass is 525 g/mol. The number of ether oxygens (including phenoxy) is 1. The van der Waals surface area contributed by atoms with E-state index in [1.807, 2.05) is 0 Å². The van der Waals surface area contributed by atoms with Crippen LogP contribution in [0.3, 0.4) is 0 Å². The van der Waals surface area contributed by atoms with Gasteiger partial charge in [0.1, 0.15) is 5.75 Å². The van der Waals surface area contributed by atoms with Crippen molar-refractivity contribution in [2.24, 2.45) is 5.92 Å². The van der Waals surface area contributed by atoms with E-state index in [0.717, 1.165) is 29.8 Å². The normalized spacial score (nSPS) is 18.9. The topological polar surface area (TPSA) is 96.0 Å². The quantitative estimate of drug-likeness (QED) is 0.639. The maximum atomic E-state index is 13.4. The van der Waals surface area contributed by atoms with Crippen LogP contribution in [0.25, 0.3) is 0 Å². The molecule has 0 radical (unpaired) electrons. The molecule has 1 fully saturated rings. The molecule has 4 rings (SSSR count). The van der Waals surface area contributed by atoms with Crippen molar-refractivity contribution in [2.75, 3.05) is 29.9 Å². The summed E-state index contributed by atoms with van der Waals surface area (Å²) in [7, 11) is -3.87. The number of sulfonamides is 1. The molecule has 1 atom stereocenters. The Hall–Kier alpha value is -3.12. The van der Waals surface area contributed by atoms with Crippen LogP contribution in [0.4, 0.5) is 24.5 Å². The van der Waals surface area contributed by atoms with Crippen LogP contribution in [-0.2, 0) is 26.0 Å². The number of alkyl halides is 3. The van der Waals surface area contributed by atoms with Gasteiger partial charge in [0.25, 0.3) is 0 Å². The molecule has 0 spiro atoms. The molecule has 36 heavy (non-hydrogen) atoms. The van der Waals surface area contributed by atoms with Crippen LogP contribution in [0, 0.1) is 5.92 Å². The zero-order valence-electron chi connectivity index (χ0n) is 19.5. The van der Waals surface area contributed by atoms with Crippen molar-refractivity contribution in [1.82, 2.24) is 4.31 Å². The van der Waals surface area contributed by atoms with E-state index in [4.69, 9.17) is 0 Å². The number of piperidine rings is 1. The van der Waals surface area contributed by atoms with Crippen molar-refractivity contribution in [3.8, 4) is 5.75 Å². The number of carbonyl (C=O) groups is 2. The van der Waals surface area contributed by atoms with E-state index in [0.29, 0.717) is 25.8 Å². The summed E-state index contributed by atoms with van der Waals surface area (Å²) in [5, 5.41) is 2.64. The lowest BCUT2D eigenvalue weighted by Crippen LogP contribution is -2.43. The van der Waals surface area contributed by atoms with Crippen LogP contribution in [-0.4, -0.2) is 50.5 Å². The van der Waals surface area contributed by atoms with Gasteiger partial charge in [-0.05, 0) is 73.7 Å². The summed E-state index contributed by atoms with van der Waals surface area (Å²) in [6, 6.07) is 9.50. The van der Waals surface area contributed by atoms with Gasteiger partial charge in [0, 0.05) is 37.9 Å². The van der Waals surface area contributed by atoms with Crippen molar-refractivity contribution in [3.05, 3.63) is 48.0 Å². The molecule has 2 aromatic rings. The first-order valence-corrected chi connectivity index (χ1v) is 13.0. The second-order valence-corrected chi connectivity index (χ2v) is 10.8. The van der Waals surface area contributed by atoms with Gasteiger partial charge in [0.15, 0.2) is 0 Å². The first-order valence-electron chi connectivity index (χ1n) is 11.5. The Balaban J connectivity index is 1.44. The highest BCUT2D eigenvalue weighted by atomic mass is 32.2. The molecular formula is C24H26F3N3O5S. The fraction of sp³-hybridized carbons (Fsp3) is 0.417. The molecule has 2 aliphatic heterocycles. The van der Waals surface area contributed by atoms with Crippen LogP contribution in [0.15, 0.2) is 47.4 Å². The van der Waals surface area contributed by atoms with Crippen molar-refractivity contribution in [3.63, 3.8) is 0 Å². The third-order valence-corrected chi connectivity index (χ3v) is 8.16. The second kappa shape index (κ2) is 10.1. The average molecular weight is 526 g/mol. The Morgan fingerprint density at radius 3 is 2.44 bits per heavy atom. The van der Waals surface area contributed by atoms with Gasteiger partial charge < -0.3 is 15.0 Å². The minimum absolute atomic E-state index is 0.0138. The summed E-state index contributed by atoms with van der Waals surface area (Å²) < 4.78 is 68.8. The van der Waals surface area contributed by atoms with Gasteiger partial charge in [-0.25, -0.2) is 8.42 Å². The molecule has 8 nitrogen and oxygen atoms in total. The predicted molar refractivity (Wildman–Crippen MR) is 126 cm³/mol. The number of benzene rings is 2. The highest BCUT2D eigenvalue weighted by Gasteiger charge is 2.34. The summed E-state index contributed by atoms with van der Waals surface area (Å²) in [6.45, 7) is 2.32. The minimum Gasteiger partial charge on any atom is -0.406 e. The predicted octanol–water partition coefficient (Wildman–Crippen LogP) is 3.92. The number of aryl methyl sites for hydroxylation is 1. The number of halogens is 3. The maximum absolute atomic E-state index is 13.4. The van der Waals surface area contributed by atoms with E-state index in [1.165, 1.54) is 29.4 Å². The van der Waals surface area contributed by atoms with E-state index < -0.39 is 34.0 Å². The molecule has 1 N–H and O–H groups in total. The van der Waals surface area contributed by atoms with E-state index in [1.54, 1.807) is 17.0 Å². The lowest BCUT2D eigenvalue weighted by atomic mass is 9.98.